The summed E-state index contributed by atoms with van der Waals surface area (Å²) < 4.78 is 12.0. The SMILES string of the molecule is CCS(=O)c1ccccc1C(=O)NCC(C)(O)CCC(C)C. The van der Waals surface area contributed by atoms with Crippen LogP contribution >= 0.6 is 0 Å². The molecule has 0 saturated carbocycles. The maximum atomic E-state index is 12.3. The third-order valence-corrected chi connectivity index (χ3v) is 4.90. The molecule has 0 radical (unpaired) electrons. The Hall–Kier alpha value is -1.20. The van der Waals surface area contributed by atoms with Crippen LogP contribution in [0.5, 0.6) is 0 Å². The van der Waals surface area contributed by atoms with E-state index in [2.05, 4.69) is 19.2 Å². The Morgan fingerprint density at radius 2 is 2.00 bits per heavy atom. The van der Waals surface area contributed by atoms with Crippen LogP contribution in [0.25, 0.3) is 0 Å². The van der Waals surface area contributed by atoms with Gasteiger partial charge < -0.3 is 10.4 Å². The third-order valence-electron chi connectivity index (χ3n) is 3.53. The molecule has 0 aliphatic carbocycles. The topological polar surface area (TPSA) is 66.4 Å². The van der Waals surface area contributed by atoms with E-state index in [0.29, 0.717) is 28.6 Å². The van der Waals surface area contributed by atoms with Gasteiger partial charge in [0.05, 0.1) is 26.9 Å². The lowest BCUT2D eigenvalue weighted by Crippen LogP contribution is -2.41. The molecule has 5 heteroatoms. The monoisotopic (exact) mass is 325 g/mol. The number of benzene rings is 1. The highest BCUT2D eigenvalue weighted by atomic mass is 32.2. The van der Waals surface area contributed by atoms with Crippen molar-refractivity contribution in [1.82, 2.24) is 5.32 Å². The first-order valence-corrected chi connectivity index (χ1v) is 9.06. The molecule has 0 heterocycles. The van der Waals surface area contributed by atoms with E-state index >= 15 is 0 Å². The fourth-order valence-corrected chi connectivity index (χ4v) is 3.01. The predicted molar refractivity (Wildman–Crippen MR) is 90.4 cm³/mol. The summed E-state index contributed by atoms with van der Waals surface area (Å²) in [6, 6.07) is 6.91. The van der Waals surface area contributed by atoms with Crippen molar-refractivity contribution < 1.29 is 14.1 Å². The molecule has 1 amide bonds. The molecule has 2 atom stereocenters. The van der Waals surface area contributed by atoms with Crippen molar-refractivity contribution >= 4 is 16.7 Å². The van der Waals surface area contributed by atoms with Gasteiger partial charge in [-0.1, -0.05) is 32.9 Å². The van der Waals surface area contributed by atoms with Gasteiger partial charge in [0.25, 0.3) is 5.91 Å². The highest BCUT2D eigenvalue weighted by molar-refractivity contribution is 7.85. The summed E-state index contributed by atoms with van der Waals surface area (Å²) >= 11 is 0. The van der Waals surface area contributed by atoms with E-state index in [4.69, 9.17) is 0 Å². The smallest absolute Gasteiger partial charge is 0.252 e. The van der Waals surface area contributed by atoms with Gasteiger partial charge in [-0.3, -0.25) is 9.00 Å². The molecule has 124 valence electrons. The van der Waals surface area contributed by atoms with Gasteiger partial charge in [-0.15, -0.1) is 0 Å². The molecule has 0 fully saturated rings. The number of nitrogens with one attached hydrogen (secondary N) is 1. The molecule has 0 saturated heterocycles. The van der Waals surface area contributed by atoms with Crippen molar-refractivity contribution in [3.8, 4) is 0 Å². The Morgan fingerprint density at radius 1 is 1.36 bits per heavy atom. The van der Waals surface area contributed by atoms with Gasteiger partial charge >= 0.3 is 0 Å². The van der Waals surface area contributed by atoms with Crippen LogP contribution in [-0.4, -0.2) is 33.1 Å². The van der Waals surface area contributed by atoms with Gasteiger partial charge in [-0.2, -0.15) is 0 Å². The van der Waals surface area contributed by atoms with Crippen molar-refractivity contribution in [3.63, 3.8) is 0 Å². The van der Waals surface area contributed by atoms with E-state index in [0.717, 1.165) is 6.42 Å². The molecule has 0 spiro atoms. The van der Waals surface area contributed by atoms with Gasteiger partial charge in [0.2, 0.25) is 0 Å². The fourth-order valence-electron chi connectivity index (χ4n) is 2.06. The minimum atomic E-state index is -1.18. The molecule has 0 aromatic heterocycles. The second-order valence-corrected chi connectivity index (χ2v) is 7.95. The van der Waals surface area contributed by atoms with E-state index < -0.39 is 16.4 Å². The van der Waals surface area contributed by atoms with E-state index in [1.54, 1.807) is 31.2 Å². The maximum Gasteiger partial charge on any atom is 0.252 e. The third kappa shape index (κ3) is 5.89. The second kappa shape index (κ2) is 8.44. The Morgan fingerprint density at radius 3 is 2.59 bits per heavy atom. The lowest BCUT2D eigenvalue weighted by Gasteiger charge is -2.24. The summed E-state index contributed by atoms with van der Waals surface area (Å²) in [5, 5.41) is 13.1. The zero-order valence-electron chi connectivity index (χ0n) is 13.9. The molecule has 22 heavy (non-hydrogen) atoms. The normalized spacial score (nSPS) is 15.4. The molecule has 1 aromatic carbocycles. The molecule has 0 aliphatic heterocycles. The maximum absolute atomic E-state index is 12.3. The molecule has 1 rings (SSSR count). The lowest BCUT2D eigenvalue weighted by atomic mass is 9.95. The molecule has 2 unspecified atom stereocenters. The van der Waals surface area contributed by atoms with Crippen LogP contribution in [-0.2, 0) is 10.8 Å². The van der Waals surface area contributed by atoms with Crippen LogP contribution in [0, 0.1) is 5.92 Å². The van der Waals surface area contributed by atoms with E-state index in [-0.39, 0.29) is 12.5 Å². The minimum Gasteiger partial charge on any atom is -0.388 e. The van der Waals surface area contributed by atoms with Gasteiger partial charge in [-0.25, -0.2) is 0 Å². The Bertz CT molecular complexity index is 526. The molecule has 1 aromatic rings. The number of carbonyl (C=O) groups is 1. The van der Waals surface area contributed by atoms with Gasteiger partial charge in [0, 0.05) is 12.3 Å². The summed E-state index contributed by atoms with van der Waals surface area (Å²) in [5.74, 6) is 0.688. The molecular weight excluding hydrogens is 298 g/mol. The standard InChI is InChI=1S/C17H27NO3S/c1-5-22(21)15-9-7-6-8-14(15)16(19)18-12-17(4,20)11-10-13(2)3/h6-9,13,20H,5,10-12H2,1-4H3,(H,18,19). The van der Waals surface area contributed by atoms with Crippen molar-refractivity contribution in [2.45, 2.75) is 51.0 Å². The van der Waals surface area contributed by atoms with Crippen LogP contribution in [0.3, 0.4) is 0 Å². The largest absolute Gasteiger partial charge is 0.388 e. The number of hydrogen-bond acceptors (Lipinski definition) is 3. The quantitative estimate of drug-likeness (QED) is 0.772. The molecule has 0 aliphatic rings. The van der Waals surface area contributed by atoms with Crippen LogP contribution in [0.15, 0.2) is 29.2 Å². The lowest BCUT2D eigenvalue weighted by molar-refractivity contribution is 0.0428. The summed E-state index contributed by atoms with van der Waals surface area (Å²) in [4.78, 5) is 12.9. The zero-order chi connectivity index (χ0) is 16.8. The highest BCUT2D eigenvalue weighted by Crippen LogP contribution is 2.17. The summed E-state index contributed by atoms with van der Waals surface area (Å²) in [6.07, 6.45) is 1.53. The van der Waals surface area contributed by atoms with Crippen molar-refractivity contribution in [2.24, 2.45) is 5.92 Å². The molecule has 4 nitrogen and oxygen atoms in total. The Labute approximate surface area is 135 Å². The predicted octanol–water partition coefficient (Wildman–Crippen LogP) is 2.73. The summed E-state index contributed by atoms with van der Waals surface area (Å²) in [7, 11) is -1.18. The summed E-state index contributed by atoms with van der Waals surface area (Å²) in [5.41, 5.74) is -0.513. The van der Waals surface area contributed by atoms with Crippen LogP contribution in [0.2, 0.25) is 0 Å². The van der Waals surface area contributed by atoms with Crippen molar-refractivity contribution in [1.29, 1.82) is 0 Å². The number of amides is 1. The van der Waals surface area contributed by atoms with Crippen molar-refractivity contribution in [2.75, 3.05) is 12.3 Å². The van der Waals surface area contributed by atoms with Gasteiger partial charge in [0.1, 0.15) is 0 Å². The highest BCUT2D eigenvalue weighted by Gasteiger charge is 2.23. The van der Waals surface area contributed by atoms with Crippen molar-refractivity contribution in [3.05, 3.63) is 29.8 Å². The first kappa shape index (κ1) is 18.8. The van der Waals surface area contributed by atoms with Crippen LogP contribution in [0.4, 0.5) is 0 Å². The number of aliphatic hydroxyl groups is 1. The van der Waals surface area contributed by atoms with Gasteiger partial charge in [0.15, 0.2) is 0 Å². The van der Waals surface area contributed by atoms with E-state index in [9.17, 15) is 14.1 Å². The first-order chi connectivity index (χ1) is 10.3. The number of carbonyl (C=O) groups excluding carboxylic acids is 1. The average molecular weight is 325 g/mol. The number of rotatable bonds is 8. The fraction of sp³-hybridized carbons (Fsp3) is 0.588. The molecule has 2 N–H and O–H groups in total. The zero-order valence-corrected chi connectivity index (χ0v) is 14.7. The molecule has 0 bridgehead atoms. The average Bonchev–Trinajstić information content (AvgIpc) is 2.50. The Balaban J connectivity index is 2.72. The van der Waals surface area contributed by atoms with Gasteiger partial charge in [-0.05, 0) is 37.8 Å². The number of hydrogen-bond donors (Lipinski definition) is 2. The summed E-state index contributed by atoms with van der Waals surface area (Å²) in [6.45, 7) is 7.94. The van der Waals surface area contributed by atoms with E-state index in [1.807, 2.05) is 6.92 Å². The van der Waals surface area contributed by atoms with E-state index in [1.165, 1.54) is 0 Å². The molecular formula is C17H27NO3S. The van der Waals surface area contributed by atoms with Crippen LogP contribution < -0.4 is 5.32 Å². The minimum absolute atomic E-state index is 0.186. The second-order valence-electron chi connectivity index (χ2n) is 6.24. The first-order valence-electron chi connectivity index (χ1n) is 7.75. The van der Waals surface area contributed by atoms with Crippen LogP contribution in [0.1, 0.15) is 50.9 Å². The Kier molecular flexibility index (Phi) is 7.23.